The molecule has 3 aromatic rings. The average molecular weight is 607 g/mol. The molecular weight excluding hydrogens is 581 g/mol. The summed E-state index contributed by atoms with van der Waals surface area (Å²) in [6.07, 6.45) is 7.48. The van der Waals surface area contributed by atoms with Crippen LogP contribution in [0.25, 0.3) is 6.08 Å². The minimum Gasteiger partial charge on any atom is -0.412 e. The van der Waals surface area contributed by atoms with Gasteiger partial charge in [0.15, 0.2) is 0 Å². The number of halogens is 6. The Kier molecular flexibility index (Phi) is 12.5. The summed E-state index contributed by atoms with van der Waals surface area (Å²) in [5.74, 6) is -0.246. The third kappa shape index (κ3) is 8.79. The van der Waals surface area contributed by atoms with Crippen molar-refractivity contribution >= 4 is 64.9 Å². The summed E-state index contributed by atoms with van der Waals surface area (Å²) in [5, 5.41) is 1.75. The molecule has 4 nitrogen and oxygen atoms in total. The molecule has 0 saturated carbocycles. The van der Waals surface area contributed by atoms with Gasteiger partial charge < -0.3 is 20.0 Å². The summed E-state index contributed by atoms with van der Waals surface area (Å²) in [5.41, 5.74) is 2.19. The van der Waals surface area contributed by atoms with Crippen molar-refractivity contribution in [3.63, 3.8) is 0 Å². The van der Waals surface area contributed by atoms with E-state index in [0.29, 0.717) is 28.3 Å². The summed E-state index contributed by atoms with van der Waals surface area (Å²) in [6.45, 7) is 1.55. The average Bonchev–Trinajstić information content (AvgIpc) is 3.31. The Morgan fingerprint density at radius 1 is 0.919 bits per heavy atom. The van der Waals surface area contributed by atoms with Gasteiger partial charge in [-0.1, -0.05) is 88.9 Å². The summed E-state index contributed by atoms with van der Waals surface area (Å²) < 4.78 is 19.4. The Labute approximate surface area is 242 Å². The zero-order valence-electron chi connectivity index (χ0n) is 19.5. The maximum absolute atomic E-state index is 13.1. The zero-order chi connectivity index (χ0) is 24.8. The minimum absolute atomic E-state index is 0. The van der Waals surface area contributed by atoms with Crippen LogP contribution in [-0.4, -0.2) is 34.0 Å². The predicted octanol–water partition coefficient (Wildman–Crippen LogP) is 7.97. The lowest BCUT2D eigenvalue weighted by Crippen LogP contribution is -2.35. The van der Waals surface area contributed by atoms with Gasteiger partial charge in [0, 0.05) is 34.0 Å². The number of hydrogen-bond acceptors (Lipinski definition) is 3. The topological polar surface area (TPSA) is 47.2 Å². The van der Waals surface area contributed by atoms with E-state index in [9.17, 15) is 4.39 Å². The quantitative estimate of drug-likeness (QED) is 0.183. The molecule has 0 fully saturated rings. The largest absolute Gasteiger partial charge is 0.412 e. The van der Waals surface area contributed by atoms with Gasteiger partial charge in [0.05, 0.1) is 13.3 Å². The van der Waals surface area contributed by atoms with Gasteiger partial charge in [-0.25, -0.2) is 4.39 Å². The molecule has 3 aromatic carbocycles. The smallest absolute Gasteiger partial charge is 0.135 e. The molecule has 4 rings (SSSR count). The molecule has 2 N–H and O–H groups in total. The van der Waals surface area contributed by atoms with Crippen LogP contribution in [0.1, 0.15) is 22.8 Å². The van der Waals surface area contributed by atoms with Crippen LogP contribution >= 0.6 is 58.8 Å². The summed E-state index contributed by atoms with van der Waals surface area (Å²) in [4.78, 5) is 4.13. The minimum atomic E-state index is -0.482. The molecule has 0 saturated heterocycles. The molecular formula is C27H26Cl5FN2O2. The molecule has 1 heterocycles. The molecule has 0 radical (unpaired) electrons. The molecule has 1 aliphatic heterocycles. The lowest BCUT2D eigenvalue weighted by molar-refractivity contribution is 0.00721. The van der Waals surface area contributed by atoms with Crippen molar-refractivity contribution in [1.29, 1.82) is 0 Å². The van der Waals surface area contributed by atoms with Crippen LogP contribution < -0.4 is 0 Å². The lowest BCUT2D eigenvalue weighted by Gasteiger charge is -2.31. The van der Waals surface area contributed by atoms with E-state index in [2.05, 4.69) is 4.90 Å². The zero-order valence-corrected chi connectivity index (χ0v) is 23.4. The third-order valence-electron chi connectivity index (χ3n) is 5.53. The van der Waals surface area contributed by atoms with Crippen molar-refractivity contribution in [2.75, 3.05) is 13.2 Å². The lowest BCUT2D eigenvalue weighted by atomic mass is 10.1. The van der Waals surface area contributed by atoms with Crippen molar-refractivity contribution in [3.8, 4) is 0 Å². The highest BCUT2D eigenvalue weighted by Gasteiger charge is 2.29. The molecule has 0 spiro atoms. The maximum atomic E-state index is 13.1. The van der Waals surface area contributed by atoms with E-state index in [1.807, 2.05) is 59.8 Å². The summed E-state index contributed by atoms with van der Waals surface area (Å²) >= 11 is 25.4. The van der Waals surface area contributed by atoms with E-state index in [4.69, 9.17) is 51.1 Å². The Hall–Kier alpha value is -1.96. The van der Waals surface area contributed by atoms with Gasteiger partial charge in [0.25, 0.3) is 0 Å². The maximum Gasteiger partial charge on any atom is 0.135 e. The first-order chi connectivity index (χ1) is 16.9. The van der Waals surface area contributed by atoms with Crippen molar-refractivity contribution in [1.82, 2.24) is 9.80 Å². The highest BCUT2D eigenvalue weighted by molar-refractivity contribution is 6.35. The number of ether oxygens (including phenoxy) is 1. The first kappa shape index (κ1) is 31.3. The molecule has 0 bridgehead atoms. The normalized spacial score (nSPS) is 14.4. The fraction of sp³-hybridized carbons (Fsp3) is 0.185. The first-order valence-corrected chi connectivity index (χ1v) is 12.5. The van der Waals surface area contributed by atoms with E-state index >= 15 is 0 Å². The van der Waals surface area contributed by atoms with E-state index in [1.54, 1.807) is 24.3 Å². The molecule has 0 aliphatic carbocycles. The third-order valence-corrected chi connectivity index (χ3v) is 6.85. The van der Waals surface area contributed by atoms with Crippen LogP contribution in [-0.2, 0) is 11.3 Å². The Balaban J connectivity index is 0.00000241. The van der Waals surface area contributed by atoms with Crippen LogP contribution in [0.3, 0.4) is 0 Å². The fourth-order valence-corrected chi connectivity index (χ4v) is 4.57. The molecule has 1 aliphatic rings. The van der Waals surface area contributed by atoms with E-state index in [-0.39, 0.29) is 30.3 Å². The van der Waals surface area contributed by atoms with Gasteiger partial charge in [-0.3, -0.25) is 0 Å². The van der Waals surface area contributed by atoms with Gasteiger partial charge in [-0.05, 0) is 53.1 Å². The molecule has 198 valence electrons. The highest BCUT2D eigenvalue weighted by atomic mass is 35.5. The van der Waals surface area contributed by atoms with Gasteiger partial charge in [0.2, 0.25) is 0 Å². The molecule has 0 aromatic heterocycles. The Morgan fingerprint density at radius 2 is 1.59 bits per heavy atom. The van der Waals surface area contributed by atoms with Crippen LogP contribution in [0.15, 0.2) is 85.2 Å². The number of benzene rings is 3. The number of rotatable bonds is 9. The van der Waals surface area contributed by atoms with Gasteiger partial charge in [0.1, 0.15) is 17.4 Å². The highest BCUT2D eigenvalue weighted by Crippen LogP contribution is 2.32. The predicted molar refractivity (Wildman–Crippen MR) is 154 cm³/mol. The number of nitrogens with zero attached hydrogens (tertiary/aromatic N) is 2. The standard InChI is InChI=1S/C27H23Cl4FN2O.ClH.H2O/c28-22-8-5-20(6-9-22)26(35-17-21-7-10-23(29)16-25(21)30)27(31)34-15-14-33(18-34)13-1-2-19-3-11-24(32)12-4-19;;/h1-12,14-16,26-27H,13,17-18H2;1H;1H2/b2-1+;;. The number of alkyl halides is 1. The van der Waals surface area contributed by atoms with Gasteiger partial charge in [-0.2, -0.15) is 0 Å². The second-order valence-electron chi connectivity index (χ2n) is 8.07. The van der Waals surface area contributed by atoms with Gasteiger partial charge >= 0.3 is 0 Å². The van der Waals surface area contributed by atoms with Crippen molar-refractivity contribution in [2.45, 2.75) is 18.2 Å². The van der Waals surface area contributed by atoms with E-state index < -0.39 is 11.6 Å². The summed E-state index contributed by atoms with van der Waals surface area (Å²) in [7, 11) is 0. The molecule has 0 amide bonds. The Bertz CT molecular complexity index is 1190. The van der Waals surface area contributed by atoms with Crippen molar-refractivity contribution in [3.05, 3.63) is 123 Å². The van der Waals surface area contributed by atoms with E-state index in [0.717, 1.165) is 16.7 Å². The molecule has 10 heteroatoms. The van der Waals surface area contributed by atoms with Crippen LogP contribution in [0.4, 0.5) is 4.39 Å². The van der Waals surface area contributed by atoms with Crippen LogP contribution in [0.2, 0.25) is 15.1 Å². The second kappa shape index (κ2) is 14.8. The molecule has 37 heavy (non-hydrogen) atoms. The SMILES string of the molecule is Cl.Fc1ccc(/C=C/CN2C=CN(C(Cl)C(OCc3ccc(Cl)cc3Cl)c3ccc(Cl)cc3)C2)cc1.O. The van der Waals surface area contributed by atoms with Crippen molar-refractivity contribution < 1.29 is 14.6 Å². The monoisotopic (exact) mass is 604 g/mol. The number of hydrogen-bond donors (Lipinski definition) is 0. The fourth-order valence-electron chi connectivity index (χ4n) is 3.64. The van der Waals surface area contributed by atoms with Crippen LogP contribution in [0, 0.1) is 5.82 Å². The van der Waals surface area contributed by atoms with E-state index in [1.165, 1.54) is 12.1 Å². The molecule has 2 unspecified atom stereocenters. The first-order valence-electron chi connectivity index (χ1n) is 10.9. The van der Waals surface area contributed by atoms with Gasteiger partial charge in [-0.15, -0.1) is 12.4 Å². The van der Waals surface area contributed by atoms with Crippen molar-refractivity contribution in [2.24, 2.45) is 0 Å². The second-order valence-corrected chi connectivity index (χ2v) is 9.80. The molecule has 2 atom stereocenters. The van der Waals surface area contributed by atoms with Crippen LogP contribution in [0.5, 0.6) is 0 Å². The Morgan fingerprint density at radius 3 is 2.27 bits per heavy atom. The summed E-state index contributed by atoms with van der Waals surface area (Å²) in [6, 6.07) is 19.2.